The van der Waals surface area contributed by atoms with Crippen LogP contribution in [0.1, 0.15) is 42.6 Å². The van der Waals surface area contributed by atoms with Crippen molar-refractivity contribution in [3.05, 3.63) is 39.9 Å². The average Bonchev–Trinajstić information content (AvgIpc) is 3.54. The molecule has 2 unspecified atom stereocenters. The van der Waals surface area contributed by atoms with E-state index in [1.807, 2.05) is 4.57 Å². The molecule has 1 aromatic heterocycles. The molecule has 1 saturated heterocycles. The summed E-state index contributed by atoms with van der Waals surface area (Å²) in [6.45, 7) is 3.47. The van der Waals surface area contributed by atoms with Gasteiger partial charge in [0.15, 0.2) is 0 Å². The molecule has 2 heterocycles. The fraction of sp³-hybridized carbons (Fsp3) is 0.500. The zero-order valence-corrected chi connectivity index (χ0v) is 16.4. The van der Waals surface area contributed by atoms with Crippen LogP contribution in [-0.4, -0.2) is 42.3 Å². The maximum atomic E-state index is 15.0. The van der Waals surface area contributed by atoms with Gasteiger partial charge in [0.25, 0.3) is 0 Å². The number of halogens is 2. The Balaban J connectivity index is 0.00000192. The standard InChI is InChI=1S/C20H22FN3O3.ClH/c1-2-27-20(26)13-10-24(11-3-4-11)16-9-17(14(21)7-12(16)19(13)25)23-6-5-22-15-8-18(15)23;/h7,9-11,15,18,22H,2-6,8H2,1H3;1H. The molecule has 6 nitrogen and oxygen atoms in total. The molecule has 0 spiro atoms. The highest BCUT2D eigenvalue weighted by molar-refractivity contribution is 5.94. The number of hydrogen-bond acceptors (Lipinski definition) is 5. The molecule has 0 radical (unpaired) electrons. The van der Waals surface area contributed by atoms with Gasteiger partial charge in [-0.3, -0.25) is 4.79 Å². The van der Waals surface area contributed by atoms with Gasteiger partial charge in [0, 0.05) is 42.8 Å². The Bertz CT molecular complexity index is 1000. The van der Waals surface area contributed by atoms with Crippen LogP contribution in [0.5, 0.6) is 0 Å². The lowest BCUT2D eigenvalue weighted by Crippen LogP contribution is -2.44. The zero-order valence-electron chi connectivity index (χ0n) is 15.6. The van der Waals surface area contributed by atoms with Crippen molar-refractivity contribution in [1.82, 2.24) is 9.88 Å². The average molecular weight is 408 g/mol. The van der Waals surface area contributed by atoms with Crippen molar-refractivity contribution in [2.24, 2.45) is 0 Å². The smallest absolute Gasteiger partial charge is 0.343 e. The first-order valence-electron chi connectivity index (χ1n) is 9.64. The lowest BCUT2D eigenvalue weighted by molar-refractivity contribution is 0.0524. The van der Waals surface area contributed by atoms with Crippen LogP contribution < -0.4 is 15.6 Å². The predicted octanol–water partition coefficient (Wildman–Crippen LogP) is 2.62. The molecule has 1 N–H and O–H groups in total. The fourth-order valence-electron chi connectivity index (χ4n) is 4.17. The second kappa shape index (κ2) is 7.04. The molecule has 3 aliphatic rings. The third-order valence-electron chi connectivity index (χ3n) is 5.76. The second-order valence-electron chi connectivity index (χ2n) is 7.61. The van der Waals surface area contributed by atoms with E-state index in [0.717, 1.165) is 32.4 Å². The summed E-state index contributed by atoms with van der Waals surface area (Å²) >= 11 is 0. The summed E-state index contributed by atoms with van der Waals surface area (Å²) in [7, 11) is 0. The summed E-state index contributed by atoms with van der Waals surface area (Å²) in [5.41, 5.74) is 0.764. The van der Waals surface area contributed by atoms with Crippen LogP contribution in [0, 0.1) is 5.82 Å². The molecule has 3 fully saturated rings. The SMILES string of the molecule is CCOC(=O)c1cn(C2CC2)c2cc(N3CCNC4CC43)c(F)cc2c1=O.Cl. The Hall–Kier alpha value is -2.12. The van der Waals surface area contributed by atoms with Crippen molar-refractivity contribution in [2.75, 3.05) is 24.6 Å². The van der Waals surface area contributed by atoms with E-state index in [1.165, 1.54) is 6.07 Å². The number of esters is 1. The Labute approximate surface area is 168 Å². The van der Waals surface area contributed by atoms with Crippen molar-refractivity contribution >= 4 is 35.0 Å². The number of ether oxygens (including phenoxy) is 1. The van der Waals surface area contributed by atoms with Crippen LogP contribution in [0.25, 0.3) is 10.9 Å². The fourth-order valence-corrected chi connectivity index (χ4v) is 4.17. The highest BCUT2D eigenvalue weighted by atomic mass is 35.5. The Morgan fingerprint density at radius 3 is 2.86 bits per heavy atom. The van der Waals surface area contributed by atoms with Gasteiger partial charge in [-0.15, -0.1) is 12.4 Å². The number of benzene rings is 1. The first-order valence-corrected chi connectivity index (χ1v) is 9.64. The quantitative estimate of drug-likeness (QED) is 0.789. The number of carbonyl (C=O) groups excluding carboxylic acids is 1. The van der Waals surface area contributed by atoms with Crippen LogP contribution >= 0.6 is 12.4 Å². The van der Waals surface area contributed by atoms with Gasteiger partial charge in [0.1, 0.15) is 11.4 Å². The third kappa shape index (κ3) is 3.06. The minimum Gasteiger partial charge on any atom is -0.462 e. The molecule has 2 atom stereocenters. The normalized spacial score (nSPS) is 23.1. The third-order valence-corrected chi connectivity index (χ3v) is 5.76. The summed E-state index contributed by atoms with van der Waals surface area (Å²) < 4.78 is 22.0. The van der Waals surface area contributed by atoms with E-state index in [2.05, 4.69) is 10.2 Å². The van der Waals surface area contributed by atoms with E-state index in [9.17, 15) is 14.0 Å². The van der Waals surface area contributed by atoms with Crippen molar-refractivity contribution in [3.8, 4) is 0 Å². The number of nitrogens with one attached hydrogen (secondary N) is 1. The molecule has 2 saturated carbocycles. The van der Waals surface area contributed by atoms with Gasteiger partial charge in [0.05, 0.1) is 17.8 Å². The van der Waals surface area contributed by atoms with Crippen molar-refractivity contribution in [3.63, 3.8) is 0 Å². The number of pyridine rings is 1. The van der Waals surface area contributed by atoms with Gasteiger partial charge >= 0.3 is 5.97 Å². The van der Waals surface area contributed by atoms with Crippen molar-refractivity contribution in [2.45, 2.75) is 44.3 Å². The first kappa shape index (κ1) is 19.2. The zero-order chi connectivity index (χ0) is 18.7. The molecular formula is C20H23ClFN3O3. The molecule has 2 aromatic rings. The number of piperazine rings is 1. The molecular weight excluding hydrogens is 385 g/mol. The van der Waals surface area contributed by atoms with Crippen LogP contribution in [-0.2, 0) is 4.74 Å². The largest absolute Gasteiger partial charge is 0.462 e. The summed E-state index contributed by atoms with van der Waals surface area (Å²) in [4.78, 5) is 27.2. The number of nitrogens with zero attached hydrogens (tertiary/aromatic N) is 2. The van der Waals surface area contributed by atoms with Gasteiger partial charge < -0.3 is 19.5 Å². The monoisotopic (exact) mass is 407 g/mol. The van der Waals surface area contributed by atoms with Crippen LogP contribution in [0.4, 0.5) is 10.1 Å². The predicted molar refractivity (Wildman–Crippen MR) is 107 cm³/mol. The number of hydrogen-bond donors (Lipinski definition) is 1. The molecule has 150 valence electrons. The minimum atomic E-state index is -0.647. The van der Waals surface area contributed by atoms with E-state index < -0.39 is 17.2 Å². The van der Waals surface area contributed by atoms with E-state index in [1.54, 1.807) is 19.2 Å². The number of anilines is 1. The van der Waals surface area contributed by atoms with E-state index in [4.69, 9.17) is 4.74 Å². The van der Waals surface area contributed by atoms with Gasteiger partial charge in [0.2, 0.25) is 5.43 Å². The van der Waals surface area contributed by atoms with Crippen molar-refractivity contribution in [1.29, 1.82) is 0 Å². The Morgan fingerprint density at radius 1 is 1.36 bits per heavy atom. The maximum absolute atomic E-state index is 15.0. The number of rotatable bonds is 4. The van der Waals surface area contributed by atoms with Crippen LogP contribution in [0.2, 0.25) is 0 Å². The van der Waals surface area contributed by atoms with Crippen LogP contribution in [0.15, 0.2) is 23.1 Å². The highest BCUT2D eigenvalue weighted by Crippen LogP contribution is 2.40. The molecule has 28 heavy (non-hydrogen) atoms. The van der Waals surface area contributed by atoms with Gasteiger partial charge in [-0.05, 0) is 38.3 Å². The van der Waals surface area contributed by atoms with E-state index in [0.29, 0.717) is 23.3 Å². The summed E-state index contributed by atoms with van der Waals surface area (Å²) in [6, 6.07) is 4.10. The van der Waals surface area contributed by atoms with Gasteiger partial charge in [-0.2, -0.15) is 0 Å². The van der Waals surface area contributed by atoms with E-state index >= 15 is 0 Å². The lowest BCUT2D eigenvalue weighted by atomic mass is 10.1. The Kier molecular flexibility index (Phi) is 4.83. The van der Waals surface area contributed by atoms with Crippen LogP contribution in [0.3, 0.4) is 0 Å². The topological polar surface area (TPSA) is 63.6 Å². The Morgan fingerprint density at radius 2 is 2.14 bits per heavy atom. The maximum Gasteiger partial charge on any atom is 0.343 e. The number of fused-ring (bicyclic) bond motifs is 2. The molecule has 1 aromatic carbocycles. The second-order valence-corrected chi connectivity index (χ2v) is 7.61. The van der Waals surface area contributed by atoms with Gasteiger partial charge in [-0.1, -0.05) is 0 Å². The molecule has 1 aliphatic heterocycles. The van der Waals surface area contributed by atoms with Gasteiger partial charge in [-0.25, -0.2) is 9.18 Å². The first-order chi connectivity index (χ1) is 13.1. The summed E-state index contributed by atoms with van der Waals surface area (Å²) in [5, 5.41) is 3.67. The molecule has 8 heteroatoms. The minimum absolute atomic E-state index is 0. The lowest BCUT2D eigenvalue weighted by Gasteiger charge is -2.30. The number of aromatic nitrogens is 1. The number of carbonyl (C=O) groups is 1. The van der Waals surface area contributed by atoms with E-state index in [-0.39, 0.29) is 36.0 Å². The summed E-state index contributed by atoms with van der Waals surface area (Å²) in [5.74, 6) is -1.05. The molecule has 0 bridgehead atoms. The molecule has 0 amide bonds. The molecule has 5 rings (SSSR count). The highest BCUT2D eigenvalue weighted by Gasteiger charge is 2.45. The van der Waals surface area contributed by atoms with Crippen molar-refractivity contribution < 1.29 is 13.9 Å². The molecule has 2 aliphatic carbocycles. The summed E-state index contributed by atoms with van der Waals surface area (Å²) in [6.07, 6.45) is 4.60.